The molecule has 1 fully saturated rings. The monoisotopic (exact) mass is 395 g/mol. The van der Waals surface area contributed by atoms with Crippen LogP contribution in [-0.2, 0) is 9.84 Å². The second-order valence-electron chi connectivity index (χ2n) is 6.78. The smallest absolute Gasteiger partial charge is 0.312 e. The highest BCUT2D eigenvalue weighted by atomic mass is 32.2. The highest BCUT2D eigenvalue weighted by Gasteiger charge is 2.59. The molecular weight excluding hydrogens is 378 g/mol. The van der Waals surface area contributed by atoms with Crippen molar-refractivity contribution in [2.45, 2.75) is 47.7 Å². The third kappa shape index (κ3) is 2.88. The normalized spacial score (nSPS) is 32.6. The van der Waals surface area contributed by atoms with E-state index in [2.05, 4.69) is 11.7 Å². The molecule has 1 aromatic rings. The van der Waals surface area contributed by atoms with E-state index in [0.717, 1.165) is 18.4 Å². The van der Waals surface area contributed by atoms with Crippen molar-refractivity contribution in [3.63, 3.8) is 0 Å². The number of benzene rings is 1. The number of nitrogens with zero attached hydrogens (tertiary/aromatic N) is 1. The molecular formula is C16H17F4NO4S. The molecule has 0 saturated heterocycles. The first kappa shape index (κ1) is 19.1. The third-order valence-corrected chi connectivity index (χ3v) is 5.87. The van der Waals surface area contributed by atoms with Crippen molar-refractivity contribution in [2.24, 2.45) is 4.99 Å². The second kappa shape index (κ2) is 5.91. The van der Waals surface area contributed by atoms with Gasteiger partial charge in [-0.2, -0.15) is 8.78 Å². The van der Waals surface area contributed by atoms with E-state index < -0.39 is 55.8 Å². The molecule has 1 N–H and O–H groups in total. The molecule has 0 aliphatic heterocycles. The van der Waals surface area contributed by atoms with Gasteiger partial charge in [-0.3, -0.25) is 4.99 Å². The van der Waals surface area contributed by atoms with E-state index in [1.807, 2.05) is 0 Å². The van der Waals surface area contributed by atoms with Gasteiger partial charge in [0.15, 0.2) is 16.0 Å². The van der Waals surface area contributed by atoms with Crippen molar-refractivity contribution in [3.8, 4) is 5.75 Å². The second-order valence-corrected chi connectivity index (χ2v) is 8.77. The summed E-state index contributed by atoms with van der Waals surface area (Å²) in [6, 6.07) is 2.04. The number of alkyl halides is 4. The van der Waals surface area contributed by atoms with Gasteiger partial charge in [0.2, 0.25) is 0 Å². The predicted molar refractivity (Wildman–Crippen MR) is 85.2 cm³/mol. The molecule has 5 nitrogen and oxygen atoms in total. The zero-order valence-corrected chi connectivity index (χ0v) is 14.6. The van der Waals surface area contributed by atoms with E-state index in [1.165, 1.54) is 0 Å². The van der Waals surface area contributed by atoms with Gasteiger partial charge in [-0.15, -0.1) is 0 Å². The Kier molecular flexibility index (Phi) is 4.34. The summed E-state index contributed by atoms with van der Waals surface area (Å²) in [5.41, 5.74) is -3.02. The number of sulfone groups is 1. The van der Waals surface area contributed by atoms with Gasteiger partial charge < -0.3 is 9.84 Å². The first-order valence-corrected chi connectivity index (χ1v) is 9.65. The Balaban J connectivity index is 1.99. The Morgan fingerprint density at radius 1 is 1.31 bits per heavy atom. The van der Waals surface area contributed by atoms with E-state index in [9.17, 15) is 31.1 Å². The molecule has 2 atom stereocenters. The fourth-order valence-electron chi connectivity index (χ4n) is 3.44. The highest BCUT2D eigenvalue weighted by Crippen LogP contribution is 2.57. The quantitative estimate of drug-likeness (QED) is 0.615. The summed E-state index contributed by atoms with van der Waals surface area (Å²) in [5.74, 6) is -4.52. The molecule has 0 spiro atoms. The van der Waals surface area contributed by atoms with E-state index in [1.54, 1.807) is 0 Å². The first-order valence-electron chi connectivity index (χ1n) is 7.75. The van der Waals surface area contributed by atoms with Crippen LogP contribution in [0.1, 0.15) is 36.2 Å². The molecule has 2 aliphatic carbocycles. The number of fused-ring (bicyclic) bond motifs is 1. The number of aliphatic hydroxyl groups excluding tert-OH is 1. The third-order valence-electron chi connectivity index (χ3n) is 4.71. The average Bonchev–Trinajstić information content (AvgIpc) is 2.67. The molecule has 0 heterocycles. The van der Waals surface area contributed by atoms with E-state index in [-0.39, 0.29) is 25.1 Å². The van der Waals surface area contributed by atoms with E-state index >= 15 is 0 Å². The van der Waals surface area contributed by atoms with Gasteiger partial charge in [-0.25, -0.2) is 17.2 Å². The molecule has 1 saturated carbocycles. The SMILES string of the molecule is C=NCC1(F)CC(Oc2ccc(S(C)(=O)=O)c3c2[C@@H](F)C(F)(F)[C@H]3O)C1. The lowest BCUT2D eigenvalue weighted by molar-refractivity contribution is -0.144. The maximum Gasteiger partial charge on any atom is 0.312 e. The van der Waals surface area contributed by atoms with Gasteiger partial charge in [-0.05, 0) is 18.9 Å². The van der Waals surface area contributed by atoms with Crippen LogP contribution >= 0.6 is 0 Å². The lowest BCUT2D eigenvalue weighted by atomic mass is 9.79. The molecule has 3 rings (SSSR count). The summed E-state index contributed by atoms with van der Waals surface area (Å²) in [6.45, 7) is 3.06. The minimum absolute atomic E-state index is 0.0788. The van der Waals surface area contributed by atoms with Crippen molar-refractivity contribution in [1.82, 2.24) is 0 Å². The van der Waals surface area contributed by atoms with Crippen LogP contribution < -0.4 is 4.74 Å². The van der Waals surface area contributed by atoms with Gasteiger partial charge >= 0.3 is 5.92 Å². The maximum absolute atomic E-state index is 14.3. The fraction of sp³-hybridized carbons (Fsp3) is 0.562. The topological polar surface area (TPSA) is 76.0 Å². The standard InChI is InChI=1S/C16H17F4NO4S/c1-21-7-15(18)5-8(6-15)25-9-3-4-10(26(2,23)24)12-11(9)13(17)16(19,20)14(12)22/h3-4,8,13-14,22H,1,5-7H2,2H3/t8?,13-,14+,15?/m1/s1. The van der Waals surface area contributed by atoms with Gasteiger partial charge in [0.05, 0.1) is 11.4 Å². The number of aliphatic imine (C=N–C) groups is 1. The zero-order chi connectivity index (χ0) is 19.5. The van der Waals surface area contributed by atoms with Crippen LogP contribution in [0.25, 0.3) is 0 Å². The number of halogens is 4. The molecule has 0 aromatic heterocycles. The van der Waals surface area contributed by atoms with Crippen molar-refractivity contribution in [1.29, 1.82) is 0 Å². The van der Waals surface area contributed by atoms with Crippen LogP contribution in [0.4, 0.5) is 17.6 Å². The summed E-state index contributed by atoms with van der Waals surface area (Å²) in [7, 11) is -3.99. The largest absolute Gasteiger partial charge is 0.490 e. The average molecular weight is 395 g/mol. The minimum Gasteiger partial charge on any atom is -0.490 e. The summed E-state index contributed by atoms with van der Waals surface area (Å²) >= 11 is 0. The van der Waals surface area contributed by atoms with Gasteiger partial charge in [0.1, 0.15) is 23.6 Å². The molecule has 1 aromatic carbocycles. The fourth-order valence-corrected chi connectivity index (χ4v) is 4.37. The van der Waals surface area contributed by atoms with Crippen LogP contribution in [0.15, 0.2) is 22.0 Å². The number of aliphatic hydroxyl groups is 1. The predicted octanol–water partition coefficient (Wildman–Crippen LogP) is 2.73. The van der Waals surface area contributed by atoms with Crippen molar-refractivity contribution >= 4 is 16.6 Å². The van der Waals surface area contributed by atoms with E-state index in [0.29, 0.717) is 0 Å². The number of hydrogen-bond donors (Lipinski definition) is 1. The molecule has 144 valence electrons. The minimum atomic E-state index is -4.20. The van der Waals surface area contributed by atoms with Crippen molar-refractivity contribution in [2.75, 3.05) is 12.8 Å². The number of rotatable bonds is 5. The van der Waals surface area contributed by atoms with Crippen LogP contribution in [0.5, 0.6) is 5.75 Å². The zero-order valence-electron chi connectivity index (χ0n) is 13.8. The van der Waals surface area contributed by atoms with Crippen LogP contribution in [0.2, 0.25) is 0 Å². The maximum atomic E-state index is 14.3. The molecule has 10 heteroatoms. The molecule has 0 radical (unpaired) electrons. The summed E-state index contributed by atoms with van der Waals surface area (Å²) in [5, 5.41) is 9.82. The van der Waals surface area contributed by atoms with E-state index in [4.69, 9.17) is 4.74 Å². The Morgan fingerprint density at radius 2 is 1.92 bits per heavy atom. The van der Waals surface area contributed by atoms with Gasteiger partial charge in [0.25, 0.3) is 0 Å². The Hall–Kier alpha value is -1.68. The number of hydrogen-bond acceptors (Lipinski definition) is 5. The first-order chi connectivity index (χ1) is 11.9. The highest BCUT2D eigenvalue weighted by molar-refractivity contribution is 7.90. The molecule has 2 aliphatic rings. The summed E-state index contributed by atoms with van der Waals surface area (Å²) < 4.78 is 85.5. The van der Waals surface area contributed by atoms with Crippen molar-refractivity contribution in [3.05, 3.63) is 23.3 Å². The molecule has 0 bridgehead atoms. The van der Waals surface area contributed by atoms with Crippen molar-refractivity contribution < 1.29 is 35.8 Å². The molecule has 0 unspecified atom stereocenters. The Labute approximate surface area is 147 Å². The van der Waals surface area contributed by atoms with Crippen LogP contribution in [0, 0.1) is 0 Å². The Bertz CT molecular complexity index is 852. The number of ether oxygens (including phenoxy) is 1. The van der Waals surface area contributed by atoms with Gasteiger partial charge in [-0.1, -0.05) is 0 Å². The molecule has 26 heavy (non-hydrogen) atoms. The van der Waals surface area contributed by atoms with Gasteiger partial charge in [0, 0.05) is 30.2 Å². The van der Waals surface area contributed by atoms with Crippen LogP contribution in [-0.4, -0.2) is 50.7 Å². The summed E-state index contributed by atoms with van der Waals surface area (Å²) in [4.78, 5) is 2.88. The lowest BCUT2D eigenvalue weighted by Gasteiger charge is -2.40. The van der Waals surface area contributed by atoms with Crippen LogP contribution in [0.3, 0.4) is 0 Å². The Morgan fingerprint density at radius 3 is 2.46 bits per heavy atom. The molecule has 0 amide bonds. The lowest BCUT2D eigenvalue weighted by Crippen LogP contribution is -2.48. The summed E-state index contributed by atoms with van der Waals surface area (Å²) in [6.07, 6.45) is -5.64.